The molecule has 2 heterocycles. The minimum atomic E-state index is 0.0705. The number of phenols is 1. The number of aliphatic imine (C=N–C) groups is 1. The molecule has 0 atom stereocenters. The minimum absolute atomic E-state index is 0.0705. The molecule has 170 valence electrons. The Labute approximate surface area is 195 Å². The largest absolute Gasteiger partial charge is 0.504 e. The SMILES string of the molecule is COc1ccc(-c2nc3ccc(-c4nc5ccc(C(N)=NC6CCC6)cc5[nH]4)cc3[nH]2)cc1O. The van der Waals surface area contributed by atoms with Crippen molar-refractivity contribution in [3.05, 3.63) is 60.2 Å². The van der Waals surface area contributed by atoms with Crippen LogP contribution in [0.4, 0.5) is 0 Å². The molecule has 8 nitrogen and oxygen atoms in total. The topological polar surface area (TPSA) is 125 Å². The predicted octanol–water partition coefficient (Wildman–Crippen LogP) is 4.75. The summed E-state index contributed by atoms with van der Waals surface area (Å²) in [5.74, 6) is 2.51. The number of imidazole rings is 2. The van der Waals surface area contributed by atoms with Gasteiger partial charge in [0.05, 0.1) is 35.2 Å². The first-order valence-electron chi connectivity index (χ1n) is 11.3. The number of fused-ring (bicyclic) bond motifs is 2. The van der Waals surface area contributed by atoms with Gasteiger partial charge < -0.3 is 25.5 Å². The fourth-order valence-electron chi connectivity index (χ4n) is 4.22. The zero-order valence-electron chi connectivity index (χ0n) is 18.7. The van der Waals surface area contributed by atoms with Crippen LogP contribution in [0.15, 0.2) is 59.6 Å². The summed E-state index contributed by atoms with van der Waals surface area (Å²) in [5.41, 5.74) is 12.3. The molecule has 0 spiro atoms. The van der Waals surface area contributed by atoms with Crippen LogP contribution in [0.2, 0.25) is 0 Å². The van der Waals surface area contributed by atoms with Crippen LogP contribution >= 0.6 is 0 Å². The highest BCUT2D eigenvalue weighted by Gasteiger charge is 2.17. The second-order valence-corrected chi connectivity index (χ2v) is 8.62. The fraction of sp³-hybridized carbons (Fsp3) is 0.192. The fourth-order valence-corrected chi connectivity index (χ4v) is 4.22. The molecular formula is C26H24N6O2. The molecule has 8 heteroatoms. The zero-order valence-corrected chi connectivity index (χ0v) is 18.7. The highest BCUT2D eigenvalue weighted by Crippen LogP contribution is 2.32. The van der Waals surface area contributed by atoms with Gasteiger partial charge in [0, 0.05) is 16.7 Å². The van der Waals surface area contributed by atoms with Crippen molar-refractivity contribution in [2.24, 2.45) is 10.7 Å². The summed E-state index contributed by atoms with van der Waals surface area (Å²) in [6.45, 7) is 0. The number of benzene rings is 3. The number of rotatable bonds is 5. The Morgan fingerprint density at radius 3 is 2.24 bits per heavy atom. The average molecular weight is 453 g/mol. The Balaban J connectivity index is 1.33. The molecule has 1 aliphatic rings. The molecule has 0 saturated heterocycles. The molecule has 0 aliphatic heterocycles. The van der Waals surface area contributed by atoms with E-state index in [2.05, 4.69) is 19.9 Å². The first kappa shape index (κ1) is 20.3. The summed E-state index contributed by atoms with van der Waals surface area (Å²) in [4.78, 5) is 20.8. The molecule has 0 unspecified atom stereocenters. The number of methoxy groups -OCH3 is 1. The molecule has 1 saturated carbocycles. The summed E-state index contributed by atoms with van der Waals surface area (Å²) in [7, 11) is 1.52. The molecule has 34 heavy (non-hydrogen) atoms. The second kappa shape index (κ2) is 7.91. The number of amidine groups is 1. The Hall–Kier alpha value is -4.33. The highest BCUT2D eigenvalue weighted by atomic mass is 16.5. The van der Waals surface area contributed by atoms with Crippen LogP contribution in [0.1, 0.15) is 24.8 Å². The van der Waals surface area contributed by atoms with E-state index >= 15 is 0 Å². The van der Waals surface area contributed by atoms with E-state index in [0.717, 1.165) is 57.4 Å². The second-order valence-electron chi connectivity index (χ2n) is 8.62. The van der Waals surface area contributed by atoms with Crippen molar-refractivity contribution >= 4 is 27.9 Å². The lowest BCUT2D eigenvalue weighted by atomic mass is 9.94. The van der Waals surface area contributed by atoms with E-state index in [-0.39, 0.29) is 5.75 Å². The van der Waals surface area contributed by atoms with Crippen LogP contribution in [0.5, 0.6) is 11.5 Å². The number of nitrogens with one attached hydrogen (secondary N) is 2. The van der Waals surface area contributed by atoms with Crippen molar-refractivity contribution < 1.29 is 9.84 Å². The predicted molar refractivity (Wildman–Crippen MR) is 133 cm³/mol. The molecule has 0 radical (unpaired) electrons. The number of hydrogen-bond donors (Lipinski definition) is 4. The van der Waals surface area contributed by atoms with Gasteiger partial charge in [-0.1, -0.05) is 0 Å². The smallest absolute Gasteiger partial charge is 0.160 e. The van der Waals surface area contributed by atoms with E-state index in [1.165, 1.54) is 13.5 Å². The third kappa shape index (κ3) is 3.53. The number of ether oxygens (including phenoxy) is 1. The van der Waals surface area contributed by atoms with Gasteiger partial charge in [-0.05, 0) is 73.9 Å². The molecule has 1 fully saturated rings. The molecule has 5 N–H and O–H groups in total. The maximum Gasteiger partial charge on any atom is 0.160 e. The molecule has 2 aromatic heterocycles. The standard InChI is InChI=1S/C26H24N6O2/c1-34-23-10-7-16(13-22(23)33)26-30-19-9-6-15(12-21(19)32-26)25-29-18-8-5-14(11-20(18)31-25)24(27)28-17-3-2-4-17/h5-13,17,33H,2-4H2,1H3,(H2,27,28)(H,29,31)(H,30,32). The van der Waals surface area contributed by atoms with Crippen molar-refractivity contribution in [1.82, 2.24) is 19.9 Å². The highest BCUT2D eigenvalue weighted by molar-refractivity contribution is 6.00. The van der Waals surface area contributed by atoms with Crippen LogP contribution in [0, 0.1) is 0 Å². The molecule has 0 bridgehead atoms. The monoisotopic (exact) mass is 452 g/mol. The number of nitrogens with two attached hydrogens (primary N) is 1. The lowest BCUT2D eigenvalue weighted by molar-refractivity contribution is 0.373. The van der Waals surface area contributed by atoms with Crippen LogP contribution < -0.4 is 10.5 Å². The van der Waals surface area contributed by atoms with E-state index in [1.54, 1.807) is 12.1 Å². The molecule has 6 rings (SSSR count). The van der Waals surface area contributed by atoms with E-state index in [0.29, 0.717) is 23.5 Å². The Kier molecular flexibility index (Phi) is 4.72. The van der Waals surface area contributed by atoms with Gasteiger partial charge in [0.2, 0.25) is 0 Å². The van der Waals surface area contributed by atoms with Gasteiger partial charge in [-0.3, -0.25) is 4.99 Å². The van der Waals surface area contributed by atoms with Gasteiger partial charge >= 0.3 is 0 Å². The summed E-state index contributed by atoms with van der Waals surface area (Å²) < 4.78 is 5.12. The summed E-state index contributed by atoms with van der Waals surface area (Å²) in [5, 5.41) is 10.1. The van der Waals surface area contributed by atoms with Crippen LogP contribution in [0.25, 0.3) is 44.8 Å². The summed E-state index contributed by atoms with van der Waals surface area (Å²) in [6.07, 6.45) is 3.47. The first-order valence-corrected chi connectivity index (χ1v) is 11.3. The molecule has 1 aliphatic carbocycles. The van der Waals surface area contributed by atoms with Crippen molar-refractivity contribution in [1.29, 1.82) is 0 Å². The quantitative estimate of drug-likeness (QED) is 0.226. The molecular weight excluding hydrogens is 428 g/mol. The lowest BCUT2D eigenvalue weighted by Gasteiger charge is -2.21. The van der Waals surface area contributed by atoms with Crippen molar-refractivity contribution in [2.45, 2.75) is 25.3 Å². The number of nitrogens with zero attached hydrogens (tertiary/aromatic N) is 3. The van der Waals surface area contributed by atoms with E-state index in [4.69, 9.17) is 15.5 Å². The number of phenolic OH excluding ortho intramolecular Hbond substituents is 1. The van der Waals surface area contributed by atoms with Gasteiger partial charge in [-0.15, -0.1) is 0 Å². The number of aromatic amines is 2. The maximum absolute atomic E-state index is 10.1. The minimum Gasteiger partial charge on any atom is -0.504 e. The molecule has 0 amide bonds. The van der Waals surface area contributed by atoms with Gasteiger partial charge in [0.1, 0.15) is 17.5 Å². The van der Waals surface area contributed by atoms with Crippen molar-refractivity contribution in [3.63, 3.8) is 0 Å². The zero-order chi connectivity index (χ0) is 23.2. The Morgan fingerprint density at radius 2 is 1.59 bits per heavy atom. The number of hydrogen-bond acceptors (Lipinski definition) is 5. The average Bonchev–Trinajstić information content (AvgIpc) is 3.44. The normalized spacial score (nSPS) is 14.6. The summed E-state index contributed by atoms with van der Waals surface area (Å²) >= 11 is 0. The van der Waals surface area contributed by atoms with Crippen LogP contribution in [-0.4, -0.2) is 44.0 Å². The van der Waals surface area contributed by atoms with Crippen molar-refractivity contribution in [3.8, 4) is 34.3 Å². The van der Waals surface area contributed by atoms with Gasteiger partial charge in [0.25, 0.3) is 0 Å². The van der Waals surface area contributed by atoms with Gasteiger partial charge in [0.15, 0.2) is 11.5 Å². The third-order valence-corrected chi connectivity index (χ3v) is 6.38. The van der Waals surface area contributed by atoms with Crippen LogP contribution in [0.3, 0.4) is 0 Å². The Morgan fingerprint density at radius 1 is 0.941 bits per heavy atom. The Bertz CT molecular complexity index is 1560. The third-order valence-electron chi connectivity index (χ3n) is 6.38. The van der Waals surface area contributed by atoms with E-state index < -0.39 is 0 Å². The number of aromatic nitrogens is 4. The number of H-pyrrole nitrogens is 2. The first-order chi connectivity index (χ1) is 16.6. The van der Waals surface area contributed by atoms with Gasteiger partial charge in [-0.25, -0.2) is 9.97 Å². The van der Waals surface area contributed by atoms with Crippen molar-refractivity contribution in [2.75, 3.05) is 7.11 Å². The van der Waals surface area contributed by atoms with Gasteiger partial charge in [-0.2, -0.15) is 0 Å². The molecule has 5 aromatic rings. The summed E-state index contributed by atoms with van der Waals surface area (Å²) in [6, 6.07) is 17.5. The van der Waals surface area contributed by atoms with E-state index in [1.807, 2.05) is 42.5 Å². The van der Waals surface area contributed by atoms with E-state index in [9.17, 15) is 5.11 Å². The molecule has 3 aromatic carbocycles. The lowest BCUT2D eigenvalue weighted by Crippen LogP contribution is -2.22. The van der Waals surface area contributed by atoms with Crippen LogP contribution in [-0.2, 0) is 0 Å². The maximum atomic E-state index is 10.1. The number of aromatic hydroxyl groups is 1.